The van der Waals surface area contributed by atoms with E-state index >= 15 is 0 Å². The number of ether oxygens (including phenoxy) is 1. The predicted molar refractivity (Wildman–Crippen MR) is 105 cm³/mol. The van der Waals surface area contributed by atoms with Crippen LogP contribution in [0.4, 0.5) is 11.4 Å². The van der Waals surface area contributed by atoms with Crippen molar-refractivity contribution in [1.82, 2.24) is 0 Å². The number of amides is 1. The fraction of sp³-hybridized carbons (Fsp3) is 0.0500. The van der Waals surface area contributed by atoms with Gasteiger partial charge in [-0.15, -0.1) is 0 Å². The van der Waals surface area contributed by atoms with E-state index < -0.39 is 4.92 Å². The minimum absolute atomic E-state index is 0.0390. The van der Waals surface area contributed by atoms with Crippen LogP contribution in [0.2, 0.25) is 0 Å². The number of benzene rings is 3. The summed E-state index contributed by atoms with van der Waals surface area (Å²) in [6, 6.07) is 20.7. The molecular weight excluding hydrogens is 364 g/mol. The van der Waals surface area contributed by atoms with Crippen molar-refractivity contribution in [2.45, 2.75) is 9.79 Å². The van der Waals surface area contributed by atoms with Crippen LogP contribution in [0.15, 0.2) is 82.6 Å². The minimum Gasteiger partial charge on any atom is -0.496 e. The first-order chi connectivity index (χ1) is 13.1. The van der Waals surface area contributed by atoms with Crippen LogP contribution in [-0.4, -0.2) is 17.9 Å². The molecule has 3 aromatic carbocycles. The third-order valence-corrected chi connectivity index (χ3v) is 4.85. The zero-order chi connectivity index (χ0) is 19.2. The quantitative estimate of drug-likeness (QED) is 0.480. The van der Waals surface area contributed by atoms with E-state index in [2.05, 4.69) is 5.32 Å². The molecular formula is C20H16N2O4S. The van der Waals surface area contributed by atoms with Crippen molar-refractivity contribution in [1.29, 1.82) is 0 Å². The molecule has 0 bridgehead atoms. The van der Waals surface area contributed by atoms with Crippen LogP contribution in [-0.2, 0) is 0 Å². The lowest BCUT2D eigenvalue weighted by Gasteiger charge is -2.12. The number of nitro benzene ring substituents is 1. The summed E-state index contributed by atoms with van der Waals surface area (Å²) in [5.74, 6) is 0.222. The van der Waals surface area contributed by atoms with E-state index in [1.807, 2.05) is 18.2 Å². The number of methoxy groups -OCH3 is 1. The zero-order valence-electron chi connectivity index (χ0n) is 14.4. The molecule has 0 saturated carbocycles. The number of carbonyl (C=O) groups excluding carboxylic acids is 1. The first-order valence-corrected chi connectivity index (χ1v) is 8.86. The van der Waals surface area contributed by atoms with E-state index in [9.17, 15) is 14.9 Å². The molecule has 0 atom stereocenters. The Kier molecular flexibility index (Phi) is 5.73. The molecule has 0 spiro atoms. The summed E-state index contributed by atoms with van der Waals surface area (Å²) in [6.45, 7) is 0. The monoisotopic (exact) mass is 380 g/mol. The average molecular weight is 380 g/mol. The van der Waals surface area contributed by atoms with E-state index in [-0.39, 0.29) is 11.6 Å². The van der Waals surface area contributed by atoms with Gasteiger partial charge in [-0.2, -0.15) is 0 Å². The molecule has 7 heteroatoms. The van der Waals surface area contributed by atoms with Gasteiger partial charge in [0.25, 0.3) is 11.6 Å². The van der Waals surface area contributed by atoms with Crippen molar-refractivity contribution in [3.63, 3.8) is 0 Å². The first kappa shape index (κ1) is 18.5. The summed E-state index contributed by atoms with van der Waals surface area (Å²) >= 11 is 1.41. The van der Waals surface area contributed by atoms with E-state index in [0.29, 0.717) is 17.0 Å². The zero-order valence-corrected chi connectivity index (χ0v) is 15.2. The highest BCUT2D eigenvalue weighted by Crippen LogP contribution is 2.34. The number of hydrogen-bond donors (Lipinski definition) is 1. The van der Waals surface area contributed by atoms with Gasteiger partial charge in [0.1, 0.15) is 5.75 Å². The molecule has 0 aliphatic carbocycles. The Morgan fingerprint density at radius 1 is 1.00 bits per heavy atom. The number of hydrogen-bond acceptors (Lipinski definition) is 5. The van der Waals surface area contributed by atoms with Gasteiger partial charge in [-0.3, -0.25) is 14.9 Å². The second-order valence-corrected chi connectivity index (χ2v) is 6.62. The summed E-state index contributed by atoms with van der Waals surface area (Å²) in [5.41, 5.74) is 1.13. The van der Waals surface area contributed by atoms with Gasteiger partial charge >= 0.3 is 0 Å². The predicted octanol–water partition coefficient (Wildman–Crippen LogP) is 5.01. The number of rotatable bonds is 6. The van der Waals surface area contributed by atoms with Gasteiger partial charge in [0.2, 0.25) is 0 Å². The summed E-state index contributed by atoms with van der Waals surface area (Å²) in [5, 5.41) is 13.7. The Hall–Kier alpha value is -3.32. The molecule has 0 aromatic heterocycles. The Bertz CT molecular complexity index is 974. The summed E-state index contributed by atoms with van der Waals surface area (Å²) in [4.78, 5) is 24.6. The topological polar surface area (TPSA) is 81.5 Å². The molecule has 0 aliphatic rings. The molecule has 0 heterocycles. The Labute approximate surface area is 160 Å². The molecule has 0 radical (unpaired) electrons. The molecule has 6 nitrogen and oxygen atoms in total. The molecule has 0 saturated heterocycles. The lowest BCUT2D eigenvalue weighted by molar-refractivity contribution is -0.384. The van der Waals surface area contributed by atoms with Crippen LogP contribution in [0.1, 0.15) is 10.4 Å². The van der Waals surface area contributed by atoms with Gasteiger partial charge < -0.3 is 10.1 Å². The maximum atomic E-state index is 12.6. The highest BCUT2D eigenvalue weighted by molar-refractivity contribution is 7.99. The standard InChI is InChI=1S/C20H16N2O4S/c1-26-18-8-4-2-6-16(18)20(23)21-17-7-3-5-9-19(17)27-15-12-10-14(11-13-15)22(24)25/h2-13H,1H3,(H,21,23). The van der Waals surface area contributed by atoms with Gasteiger partial charge in [-0.1, -0.05) is 36.0 Å². The van der Waals surface area contributed by atoms with Gasteiger partial charge in [0, 0.05) is 21.9 Å². The lowest BCUT2D eigenvalue weighted by atomic mass is 10.2. The van der Waals surface area contributed by atoms with E-state index in [1.165, 1.54) is 31.0 Å². The molecule has 3 aromatic rings. The molecule has 1 N–H and O–H groups in total. The van der Waals surface area contributed by atoms with Gasteiger partial charge in [0.15, 0.2) is 0 Å². The van der Waals surface area contributed by atoms with E-state index in [4.69, 9.17) is 4.74 Å². The molecule has 136 valence electrons. The molecule has 0 unspecified atom stereocenters. The average Bonchev–Trinajstić information content (AvgIpc) is 2.69. The molecule has 1 amide bonds. The highest BCUT2D eigenvalue weighted by atomic mass is 32.2. The van der Waals surface area contributed by atoms with Gasteiger partial charge in [0.05, 0.1) is 23.3 Å². The third-order valence-electron chi connectivity index (χ3n) is 3.76. The Morgan fingerprint density at radius 2 is 1.67 bits per heavy atom. The smallest absolute Gasteiger partial charge is 0.269 e. The lowest BCUT2D eigenvalue weighted by Crippen LogP contribution is -2.13. The number of nitrogens with one attached hydrogen (secondary N) is 1. The number of para-hydroxylation sites is 2. The van der Waals surface area contributed by atoms with Crippen LogP contribution in [0.25, 0.3) is 0 Å². The first-order valence-electron chi connectivity index (χ1n) is 8.04. The summed E-state index contributed by atoms with van der Waals surface area (Å²) in [7, 11) is 1.52. The fourth-order valence-corrected chi connectivity index (χ4v) is 3.35. The number of nitrogens with zero attached hydrogens (tertiary/aromatic N) is 1. The SMILES string of the molecule is COc1ccccc1C(=O)Nc1ccccc1Sc1ccc([N+](=O)[O-])cc1. The van der Waals surface area contributed by atoms with Gasteiger partial charge in [-0.25, -0.2) is 0 Å². The summed E-state index contributed by atoms with van der Waals surface area (Å²) in [6.07, 6.45) is 0. The van der Waals surface area contributed by atoms with Crippen LogP contribution in [0.5, 0.6) is 5.75 Å². The van der Waals surface area contributed by atoms with Crippen molar-refractivity contribution in [2.75, 3.05) is 12.4 Å². The second kappa shape index (κ2) is 8.37. The number of non-ortho nitro benzene ring substituents is 1. The normalized spacial score (nSPS) is 10.3. The fourth-order valence-electron chi connectivity index (χ4n) is 2.44. The van der Waals surface area contributed by atoms with Crippen molar-refractivity contribution in [3.05, 3.63) is 88.5 Å². The van der Waals surface area contributed by atoms with Crippen molar-refractivity contribution in [2.24, 2.45) is 0 Å². The molecule has 0 aliphatic heterocycles. The second-order valence-electron chi connectivity index (χ2n) is 5.50. The highest BCUT2D eigenvalue weighted by Gasteiger charge is 2.14. The van der Waals surface area contributed by atoms with E-state index in [0.717, 1.165) is 9.79 Å². The number of nitro groups is 1. The third kappa shape index (κ3) is 4.45. The van der Waals surface area contributed by atoms with Gasteiger partial charge in [-0.05, 0) is 36.4 Å². The number of anilines is 1. The minimum atomic E-state index is -0.435. The number of carbonyl (C=O) groups is 1. The van der Waals surface area contributed by atoms with E-state index in [1.54, 1.807) is 42.5 Å². The largest absolute Gasteiger partial charge is 0.496 e. The van der Waals surface area contributed by atoms with Crippen LogP contribution in [0.3, 0.4) is 0 Å². The van der Waals surface area contributed by atoms with Crippen molar-refractivity contribution < 1.29 is 14.5 Å². The van der Waals surface area contributed by atoms with Crippen molar-refractivity contribution in [3.8, 4) is 5.75 Å². The Balaban J connectivity index is 1.81. The molecule has 27 heavy (non-hydrogen) atoms. The van der Waals surface area contributed by atoms with Crippen LogP contribution >= 0.6 is 11.8 Å². The molecule has 3 rings (SSSR count). The Morgan fingerprint density at radius 3 is 2.37 bits per heavy atom. The van der Waals surface area contributed by atoms with Crippen LogP contribution < -0.4 is 10.1 Å². The maximum Gasteiger partial charge on any atom is 0.269 e. The van der Waals surface area contributed by atoms with Crippen LogP contribution in [0, 0.1) is 10.1 Å². The summed E-state index contributed by atoms with van der Waals surface area (Å²) < 4.78 is 5.24. The maximum absolute atomic E-state index is 12.6. The van der Waals surface area contributed by atoms with Crippen molar-refractivity contribution >= 4 is 29.0 Å². The molecule has 0 fully saturated rings.